The predicted octanol–water partition coefficient (Wildman–Crippen LogP) is 3.34. The van der Waals surface area contributed by atoms with Gasteiger partial charge in [-0.25, -0.2) is 0 Å². The Morgan fingerprint density at radius 2 is 1.75 bits per heavy atom. The molecule has 1 rings (SSSR count). The Labute approximate surface area is 116 Å². The van der Waals surface area contributed by atoms with Crippen LogP contribution in [0.2, 0.25) is 0 Å². The van der Waals surface area contributed by atoms with Crippen molar-refractivity contribution in [3.8, 4) is 0 Å². The molecule has 0 saturated carbocycles. The third kappa shape index (κ3) is 4.26. The first kappa shape index (κ1) is 16.5. The zero-order chi connectivity index (χ0) is 15.7. The molecule has 9 heteroatoms. The number of rotatable bonds is 3. The van der Waals surface area contributed by atoms with E-state index in [0.29, 0.717) is 6.07 Å². The second-order valence-electron chi connectivity index (χ2n) is 4.06. The maximum Gasteiger partial charge on any atom is 0.417 e. The van der Waals surface area contributed by atoms with Crippen molar-refractivity contribution >= 4 is 22.9 Å². The van der Waals surface area contributed by atoms with Gasteiger partial charge in [0.1, 0.15) is 11.5 Å². The lowest BCUT2D eigenvalue weighted by Crippen LogP contribution is -2.31. The van der Waals surface area contributed by atoms with Crippen molar-refractivity contribution in [1.82, 2.24) is 0 Å². The maximum atomic E-state index is 12.7. The summed E-state index contributed by atoms with van der Waals surface area (Å²) in [5.74, 6) is 0. The summed E-state index contributed by atoms with van der Waals surface area (Å²) in [6.45, 7) is -1.30. The minimum Gasteiger partial charge on any atom is -0.389 e. The van der Waals surface area contributed by atoms with Gasteiger partial charge < -0.3 is 10.6 Å². The van der Waals surface area contributed by atoms with Crippen LogP contribution in [0.25, 0.3) is 0 Å². The van der Waals surface area contributed by atoms with Crippen molar-refractivity contribution in [1.29, 1.82) is 0 Å². The van der Waals surface area contributed by atoms with Gasteiger partial charge in [-0.2, -0.15) is 26.3 Å². The highest BCUT2D eigenvalue weighted by Crippen LogP contribution is 2.34. The van der Waals surface area contributed by atoms with E-state index in [-0.39, 0.29) is 5.69 Å². The van der Waals surface area contributed by atoms with E-state index >= 15 is 0 Å². The first-order chi connectivity index (χ1) is 8.92. The lowest BCUT2D eigenvalue weighted by atomic mass is 10.1. The number of thiocarbonyl (C=S) groups is 1. The van der Waals surface area contributed by atoms with Crippen LogP contribution in [-0.4, -0.2) is 24.8 Å². The van der Waals surface area contributed by atoms with Gasteiger partial charge in [0.25, 0.3) is 0 Å². The van der Waals surface area contributed by atoms with E-state index in [1.165, 1.54) is 0 Å². The number of nitrogens with zero attached hydrogens (tertiary/aromatic N) is 1. The number of nitrogens with two attached hydrogens (primary N) is 1. The van der Waals surface area contributed by atoms with Crippen molar-refractivity contribution < 1.29 is 26.3 Å². The summed E-state index contributed by atoms with van der Waals surface area (Å²) >= 11 is 4.51. The number of anilines is 1. The molecule has 0 aromatic heterocycles. The SMILES string of the molecule is CN(CC(F)(F)F)c1ccc(C(F)(F)F)c(C(N)=S)c1. The van der Waals surface area contributed by atoms with Gasteiger partial charge in [-0.05, 0) is 18.2 Å². The molecule has 0 unspecified atom stereocenters. The first-order valence-corrected chi connectivity index (χ1v) is 5.61. The van der Waals surface area contributed by atoms with Gasteiger partial charge >= 0.3 is 12.4 Å². The molecule has 2 N–H and O–H groups in total. The minimum atomic E-state index is -4.68. The molecule has 0 bridgehead atoms. The van der Waals surface area contributed by atoms with Crippen LogP contribution in [0.5, 0.6) is 0 Å². The summed E-state index contributed by atoms with van der Waals surface area (Å²) in [7, 11) is 1.11. The predicted molar refractivity (Wildman–Crippen MR) is 66.7 cm³/mol. The average molecular weight is 316 g/mol. The Hall–Kier alpha value is -1.51. The van der Waals surface area contributed by atoms with Crippen LogP contribution >= 0.6 is 12.2 Å². The van der Waals surface area contributed by atoms with Crippen LogP contribution in [0.4, 0.5) is 32.0 Å². The molecule has 0 aliphatic rings. The highest BCUT2D eigenvalue weighted by Gasteiger charge is 2.35. The normalized spacial score (nSPS) is 12.3. The van der Waals surface area contributed by atoms with Crippen LogP contribution in [0.1, 0.15) is 11.1 Å². The van der Waals surface area contributed by atoms with Gasteiger partial charge in [-0.1, -0.05) is 12.2 Å². The maximum absolute atomic E-state index is 12.7. The van der Waals surface area contributed by atoms with Crippen LogP contribution < -0.4 is 10.6 Å². The Morgan fingerprint density at radius 1 is 1.20 bits per heavy atom. The lowest BCUT2D eigenvalue weighted by molar-refractivity contribution is -0.137. The number of hydrogen-bond donors (Lipinski definition) is 1. The van der Waals surface area contributed by atoms with E-state index in [4.69, 9.17) is 5.73 Å². The molecule has 0 amide bonds. The largest absolute Gasteiger partial charge is 0.417 e. The fraction of sp³-hybridized carbons (Fsp3) is 0.364. The molecule has 112 valence electrons. The molecule has 20 heavy (non-hydrogen) atoms. The summed E-state index contributed by atoms with van der Waals surface area (Å²) in [6, 6.07) is 2.50. The van der Waals surface area contributed by atoms with Crippen LogP contribution in [0, 0.1) is 0 Å². The van der Waals surface area contributed by atoms with Gasteiger partial charge in [0.05, 0.1) is 5.56 Å². The summed E-state index contributed by atoms with van der Waals surface area (Å²) in [5, 5.41) is 0. The highest BCUT2D eigenvalue weighted by molar-refractivity contribution is 7.80. The van der Waals surface area contributed by atoms with Crippen molar-refractivity contribution in [2.24, 2.45) is 5.73 Å². The van der Waals surface area contributed by atoms with Crippen molar-refractivity contribution in [3.63, 3.8) is 0 Å². The molecule has 1 aromatic rings. The molecule has 2 nitrogen and oxygen atoms in total. The number of hydrogen-bond acceptors (Lipinski definition) is 2. The van der Waals surface area contributed by atoms with Crippen LogP contribution in [0.15, 0.2) is 18.2 Å². The fourth-order valence-electron chi connectivity index (χ4n) is 1.58. The molecule has 0 aliphatic carbocycles. The van der Waals surface area contributed by atoms with E-state index in [2.05, 4.69) is 12.2 Å². The molecule has 0 aliphatic heterocycles. The quantitative estimate of drug-likeness (QED) is 0.685. The number of benzene rings is 1. The second-order valence-corrected chi connectivity index (χ2v) is 4.50. The topological polar surface area (TPSA) is 29.3 Å². The van der Waals surface area contributed by atoms with Gasteiger partial charge in [-0.15, -0.1) is 0 Å². The fourth-order valence-corrected chi connectivity index (χ4v) is 1.75. The second kappa shape index (κ2) is 5.47. The van der Waals surface area contributed by atoms with Crippen molar-refractivity contribution in [2.75, 3.05) is 18.5 Å². The van der Waals surface area contributed by atoms with E-state index in [1.807, 2.05) is 0 Å². The smallest absolute Gasteiger partial charge is 0.389 e. The van der Waals surface area contributed by atoms with Crippen molar-refractivity contribution in [3.05, 3.63) is 29.3 Å². The molecule has 0 fully saturated rings. The Kier molecular flexibility index (Phi) is 4.52. The number of alkyl halides is 6. The molecule has 0 atom stereocenters. The van der Waals surface area contributed by atoms with Gasteiger partial charge in [0.15, 0.2) is 0 Å². The Bertz CT molecular complexity index is 509. The standard InChI is InChI=1S/C11H10F6N2S/c1-19(5-10(12,13)14)6-2-3-8(11(15,16)17)7(4-6)9(18)20/h2-4H,5H2,1H3,(H2,18,20). The molecule has 0 spiro atoms. The first-order valence-electron chi connectivity index (χ1n) is 5.21. The van der Waals surface area contributed by atoms with E-state index < -0.39 is 35.0 Å². The Morgan fingerprint density at radius 3 is 2.15 bits per heavy atom. The molecular weight excluding hydrogens is 306 g/mol. The molecule has 0 heterocycles. The third-order valence-corrected chi connectivity index (χ3v) is 2.65. The molecule has 0 saturated heterocycles. The van der Waals surface area contributed by atoms with Crippen LogP contribution in [0.3, 0.4) is 0 Å². The summed E-state index contributed by atoms with van der Waals surface area (Å²) in [4.78, 5) is 0.238. The van der Waals surface area contributed by atoms with Crippen molar-refractivity contribution in [2.45, 2.75) is 12.4 Å². The molecular formula is C11H10F6N2S. The molecule has 1 aromatic carbocycles. The number of halogens is 6. The summed E-state index contributed by atoms with van der Waals surface area (Å²) in [5.41, 5.74) is 3.57. The van der Waals surface area contributed by atoms with Crippen LogP contribution in [-0.2, 0) is 6.18 Å². The molecule has 0 radical (unpaired) electrons. The average Bonchev–Trinajstić information content (AvgIpc) is 2.24. The monoisotopic (exact) mass is 316 g/mol. The van der Waals surface area contributed by atoms with E-state index in [0.717, 1.165) is 24.1 Å². The zero-order valence-electron chi connectivity index (χ0n) is 10.1. The van der Waals surface area contributed by atoms with E-state index in [1.54, 1.807) is 0 Å². The minimum absolute atomic E-state index is 0.0573. The third-order valence-electron chi connectivity index (χ3n) is 2.43. The summed E-state index contributed by atoms with van der Waals surface area (Å²) in [6.07, 6.45) is -9.15. The summed E-state index contributed by atoms with van der Waals surface area (Å²) < 4.78 is 74.9. The van der Waals surface area contributed by atoms with Gasteiger partial charge in [0, 0.05) is 18.3 Å². The lowest BCUT2D eigenvalue weighted by Gasteiger charge is -2.22. The Balaban J connectivity index is 3.21. The van der Waals surface area contributed by atoms with Gasteiger partial charge in [-0.3, -0.25) is 0 Å². The van der Waals surface area contributed by atoms with E-state index in [9.17, 15) is 26.3 Å². The zero-order valence-corrected chi connectivity index (χ0v) is 11.0. The highest BCUT2D eigenvalue weighted by atomic mass is 32.1. The van der Waals surface area contributed by atoms with Gasteiger partial charge in [0.2, 0.25) is 0 Å².